The minimum absolute atomic E-state index is 0.0197. The minimum atomic E-state index is -0.458. The van der Waals surface area contributed by atoms with Gasteiger partial charge in [-0.3, -0.25) is 4.79 Å². The fraction of sp³-hybridized carbons (Fsp3) is 0.385. The predicted octanol–water partition coefficient (Wildman–Crippen LogP) is 2.97. The lowest BCUT2D eigenvalue weighted by Gasteiger charge is -2.24. The van der Waals surface area contributed by atoms with E-state index in [9.17, 15) is 9.59 Å². The molecule has 2 rings (SSSR count). The van der Waals surface area contributed by atoms with Crippen LogP contribution in [0, 0.1) is 5.92 Å². The molecule has 0 bridgehead atoms. The van der Waals surface area contributed by atoms with E-state index in [1.54, 1.807) is 18.2 Å². The van der Waals surface area contributed by atoms with Gasteiger partial charge in [-0.1, -0.05) is 22.4 Å². The van der Waals surface area contributed by atoms with Crippen molar-refractivity contribution in [3.8, 4) is 0 Å². The van der Waals surface area contributed by atoms with Gasteiger partial charge in [0.15, 0.2) is 0 Å². The van der Waals surface area contributed by atoms with Gasteiger partial charge in [0.25, 0.3) is 0 Å². The first-order valence-electron chi connectivity index (χ1n) is 5.80. The number of nitrogens with one attached hydrogen (secondary N) is 1. The first-order chi connectivity index (χ1) is 8.61. The molecule has 0 saturated heterocycles. The molecule has 1 N–H and O–H groups in total. The van der Waals surface area contributed by atoms with E-state index in [0.29, 0.717) is 11.3 Å². The van der Waals surface area contributed by atoms with Crippen LogP contribution < -0.4 is 5.32 Å². The molecule has 5 heteroatoms. The predicted molar refractivity (Wildman–Crippen MR) is 71.5 cm³/mol. The fourth-order valence-electron chi connectivity index (χ4n) is 1.81. The molecule has 1 amide bonds. The average Bonchev–Trinajstić information content (AvgIpc) is 2.28. The molecule has 0 radical (unpaired) electrons. The van der Waals surface area contributed by atoms with E-state index in [-0.39, 0.29) is 11.8 Å². The SMILES string of the molecule is COC(=O)c1cc(Br)ccc1NC(=O)C1CCC1. The van der Waals surface area contributed by atoms with Crippen molar-refractivity contribution in [3.63, 3.8) is 0 Å². The van der Waals surface area contributed by atoms with Crippen molar-refractivity contribution in [2.75, 3.05) is 12.4 Å². The highest BCUT2D eigenvalue weighted by atomic mass is 79.9. The van der Waals surface area contributed by atoms with Gasteiger partial charge in [-0.25, -0.2) is 4.79 Å². The number of anilines is 1. The van der Waals surface area contributed by atoms with Gasteiger partial charge in [-0.05, 0) is 31.0 Å². The van der Waals surface area contributed by atoms with E-state index < -0.39 is 5.97 Å². The van der Waals surface area contributed by atoms with E-state index in [4.69, 9.17) is 4.74 Å². The van der Waals surface area contributed by atoms with Crippen molar-refractivity contribution in [2.45, 2.75) is 19.3 Å². The van der Waals surface area contributed by atoms with Gasteiger partial charge < -0.3 is 10.1 Å². The van der Waals surface area contributed by atoms with Crippen molar-refractivity contribution < 1.29 is 14.3 Å². The first-order valence-corrected chi connectivity index (χ1v) is 6.60. The third kappa shape index (κ3) is 2.72. The molecule has 1 aliphatic rings. The van der Waals surface area contributed by atoms with Crippen LogP contribution in [0.15, 0.2) is 22.7 Å². The Labute approximate surface area is 114 Å². The summed E-state index contributed by atoms with van der Waals surface area (Å²) in [5.74, 6) is -0.395. The number of halogens is 1. The summed E-state index contributed by atoms with van der Waals surface area (Å²) in [6.45, 7) is 0. The number of ether oxygens (including phenoxy) is 1. The molecule has 0 atom stereocenters. The lowest BCUT2D eigenvalue weighted by atomic mass is 9.85. The van der Waals surface area contributed by atoms with Crippen LogP contribution in [0.3, 0.4) is 0 Å². The zero-order valence-electron chi connectivity index (χ0n) is 10.0. The van der Waals surface area contributed by atoms with Gasteiger partial charge in [0, 0.05) is 10.4 Å². The molecule has 96 valence electrons. The van der Waals surface area contributed by atoms with E-state index in [1.165, 1.54) is 7.11 Å². The van der Waals surface area contributed by atoms with Gasteiger partial charge in [0.2, 0.25) is 5.91 Å². The quantitative estimate of drug-likeness (QED) is 0.873. The molecule has 0 heterocycles. The largest absolute Gasteiger partial charge is 0.465 e. The van der Waals surface area contributed by atoms with Crippen LogP contribution in [-0.2, 0) is 9.53 Å². The zero-order chi connectivity index (χ0) is 13.1. The molecule has 0 spiro atoms. The Morgan fingerprint density at radius 2 is 2.11 bits per heavy atom. The lowest BCUT2D eigenvalue weighted by Crippen LogP contribution is -2.28. The normalized spacial score (nSPS) is 14.8. The summed E-state index contributed by atoms with van der Waals surface area (Å²) in [5, 5.41) is 2.79. The number of hydrogen-bond acceptors (Lipinski definition) is 3. The second-order valence-electron chi connectivity index (χ2n) is 4.30. The highest BCUT2D eigenvalue weighted by molar-refractivity contribution is 9.10. The maximum Gasteiger partial charge on any atom is 0.340 e. The summed E-state index contributed by atoms with van der Waals surface area (Å²) in [6, 6.07) is 5.12. The summed E-state index contributed by atoms with van der Waals surface area (Å²) < 4.78 is 5.47. The number of hydrogen-bond donors (Lipinski definition) is 1. The van der Waals surface area contributed by atoms with E-state index in [2.05, 4.69) is 21.2 Å². The summed E-state index contributed by atoms with van der Waals surface area (Å²) in [5.41, 5.74) is 0.862. The van der Waals surface area contributed by atoms with Crippen LogP contribution in [-0.4, -0.2) is 19.0 Å². The van der Waals surface area contributed by atoms with Gasteiger partial charge in [0.1, 0.15) is 0 Å². The van der Waals surface area contributed by atoms with Crippen molar-refractivity contribution in [1.82, 2.24) is 0 Å². The first kappa shape index (κ1) is 13.1. The Balaban J connectivity index is 2.20. The Bertz CT molecular complexity index is 483. The van der Waals surface area contributed by atoms with Gasteiger partial charge in [-0.15, -0.1) is 0 Å². The minimum Gasteiger partial charge on any atom is -0.465 e. The summed E-state index contributed by atoms with van der Waals surface area (Å²) >= 11 is 3.29. The topological polar surface area (TPSA) is 55.4 Å². The summed E-state index contributed by atoms with van der Waals surface area (Å²) in [4.78, 5) is 23.5. The van der Waals surface area contributed by atoms with Crippen LogP contribution in [0.25, 0.3) is 0 Å². The van der Waals surface area contributed by atoms with E-state index in [1.807, 2.05) is 0 Å². The lowest BCUT2D eigenvalue weighted by molar-refractivity contribution is -0.122. The van der Waals surface area contributed by atoms with Crippen molar-refractivity contribution in [1.29, 1.82) is 0 Å². The summed E-state index contributed by atoms with van der Waals surface area (Å²) in [6.07, 6.45) is 2.95. The Morgan fingerprint density at radius 1 is 1.39 bits per heavy atom. The average molecular weight is 312 g/mol. The van der Waals surface area contributed by atoms with Gasteiger partial charge in [0.05, 0.1) is 18.4 Å². The number of esters is 1. The van der Waals surface area contributed by atoms with Gasteiger partial charge in [-0.2, -0.15) is 0 Å². The van der Waals surface area contributed by atoms with Crippen LogP contribution in [0.5, 0.6) is 0 Å². The summed E-state index contributed by atoms with van der Waals surface area (Å²) in [7, 11) is 1.32. The molecule has 1 aromatic carbocycles. The molecule has 1 aromatic rings. The number of carbonyl (C=O) groups excluding carboxylic acids is 2. The molecule has 1 saturated carbocycles. The second-order valence-corrected chi connectivity index (χ2v) is 5.21. The molecular weight excluding hydrogens is 298 g/mol. The zero-order valence-corrected chi connectivity index (χ0v) is 11.6. The van der Waals surface area contributed by atoms with Crippen LogP contribution in [0.1, 0.15) is 29.6 Å². The van der Waals surface area contributed by atoms with Crippen molar-refractivity contribution >= 4 is 33.5 Å². The molecule has 18 heavy (non-hydrogen) atoms. The van der Waals surface area contributed by atoms with Crippen molar-refractivity contribution in [2.24, 2.45) is 5.92 Å². The number of carbonyl (C=O) groups is 2. The standard InChI is InChI=1S/C13H14BrNO3/c1-18-13(17)10-7-9(14)5-6-11(10)15-12(16)8-3-2-4-8/h5-8H,2-4H2,1H3,(H,15,16). The second kappa shape index (κ2) is 5.52. The molecule has 1 aliphatic carbocycles. The van der Waals surface area contributed by atoms with Gasteiger partial charge >= 0.3 is 5.97 Å². The molecule has 0 unspecified atom stereocenters. The van der Waals surface area contributed by atoms with E-state index >= 15 is 0 Å². The smallest absolute Gasteiger partial charge is 0.340 e. The Morgan fingerprint density at radius 3 is 2.67 bits per heavy atom. The molecule has 0 aliphatic heterocycles. The monoisotopic (exact) mass is 311 g/mol. The Kier molecular flexibility index (Phi) is 4.01. The van der Waals surface area contributed by atoms with Crippen molar-refractivity contribution in [3.05, 3.63) is 28.2 Å². The molecule has 4 nitrogen and oxygen atoms in total. The third-order valence-corrected chi connectivity index (χ3v) is 3.61. The third-order valence-electron chi connectivity index (χ3n) is 3.12. The maximum atomic E-state index is 11.9. The number of methoxy groups -OCH3 is 1. The Hall–Kier alpha value is -1.36. The van der Waals surface area contributed by atoms with Crippen LogP contribution in [0.4, 0.5) is 5.69 Å². The highest BCUT2D eigenvalue weighted by Crippen LogP contribution is 2.29. The van der Waals surface area contributed by atoms with Crippen LogP contribution >= 0.6 is 15.9 Å². The fourth-order valence-corrected chi connectivity index (χ4v) is 2.17. The number of benzene rings is 1. The number of rotatable bonds is 3. The highest BCUT2D eigenvalue weighted by Gasteiger charge is 2.26. The number of amides is 1. The molecule has 0 aromatic heterocycles. The van der Waals surface area contributed by atoms with E-state index in [0.717, 1.165) is 23.7 Å². The maximum absolute atomic E-state index is 11.9. The molecular formula is C13H14BrNO3. The van der Waals surface area contributed by atoms with Crippen LogP contribution in [0.2, 0.25) is 0 Å². The molecule has 1 fully saturated rings.